The fraction of sp³-hybridized carbons (Fsp3) is 0.217. The largest absolute Gasteiger partial charge is 0.497 e. The van der Waals surface area contributed by atoms with Crippen molar-refractivity contribution >= 4 is 34.7 Å². The molecular weight excluding hydrogens is 400 g/mol. The van der Waals surface area contributed by atoms with Gasteiger partial charge in [0.05, 0.1) is 18.6 Å². The first kappa shape index (κ1) is 21.4. The van der Waals surface area contributed by atoms with Crippen LogP contribution in [0.5, 0.6) is 5.75 Å². The zero-order valence-corrected chi connectivity index (χ0v) is 18.2. The van der Waals surface area contributed by atoms with Gasteiger partial charge in [-0.15, -0.1) is 11.3 Å². The molecule has 1 N–H and O–H groups in total. The molecule has 156 valence electrons. The summed E-state index contributed by atoms with van der Waals surface area (Å²) in [6.07, 6.45) is -0.422. The van der Waals surface area contributed by atoms with Crippen LogP contribution in [-0.2, 0) is 4.74 Å². The molecule has 0 saturated carbocycles. The predicted octanol–water partition coefficient (Wildman–Crippen LogP) is 5.58. The summed E-state index contributed by atoms with van der Waals surface area (Å²) in [5, 5.41) is 2.91. The van der Waals surface area contributed by atoms with Crippen molar-refractivity contribution in [3.05, 3.63) is 64.4 Å². The molecule has 2 aromatic carbocycles. The number of aryl methyl sites for hydroxylation is 1. The molecule has 0 fully saturated rings. The van der Waals surface area contributed by atoms with E-state index in [2.05, 4.69) is 5.32 Å². The lowest BCUT2D eigenvalue weighted by Gasteiger charge is -2.16. The molecule has 1 heterocycles. The second kappa shape index (κ2) is 9.45. The predicted molar refractivity (Wildman–Crippen MR) is 121 cm³/mol. The number of ether oxygens (including phenoxy) is 2. The maximum atomic E-state index is 12.7. The normalized spacial score (nSPS) is 10.4. The van der Waals surface area contributed by atoms with Crippen LogP contribution >= 0.6 is 11.3 Å². The Morgan fingerprint density at radius 2 is 1.73 bits per heavy atom. The van der Waals surface area contributed by atoms with Gasteiger partial charge in [0.1, 0.15) is 5.75 Å². The summed E-state index contributed by atoms with van der Waals surface area (Å²) >= 11 is 1.45. The molecule has 3 aromatic rings. The summed E-state index contributed by atoms with van der Waals surface area (Å²) in [5.74, 6) is 0.621. The summed E-state index contributed by atoms with van der Waals surface area (Å²) in [7, 11) is 3.27. The Balaban J connectivity index is 1.71. The molecule has 0 saturated heterocycles. The van der Waals surface area contributed by atoms with E-state index < -0.39 is 6.09 Å². The topological polar surface area (TPSA) is 67.9 Å². The first-order valence-electron chi connectivity index (χ1n) is 9.49. The number of amides is 2. The number of hydrogen-bond donors (Lipinski definition) is 1. The molecule has 2 amide bonds. The number of thiophene rings is 1. The van der Waals surface area contributed by atoms with Gasteiger partial charge < -0.3 is 14.8 Å². The number of anilines is 2. The van der Waals surface area contributed by atoms with Gasteiger partial charge in [-0.1, -0.05) is 12.1 Å². The summed E-state index contributed by atoms with van der Waals surface area (Å²) in [5.41, 5.74) is 3.40. The van der Waals surface area contributed by atoms with Crippen LogP contribution in [0.15, 0.2) is 54.6 Å². The van der Waals surface area contributed by atoms with Gasteiger partial charge in [0.15, 0.2) is 0 Å². The first-order valence-corrected chi connectivity index (χ1v) is 10.3. The lowest BCUT2D eigenvalue weighted by molar-refractivity contribution is 0.103. The SMILES string of the molecule is CCOC(=O)N(C)c1ccc(NC(=O)c2cc(-c3ccc(OC)cc3)c(C)s2)cc1. The fourth-order valence-corrected chi connectivity index (χ4v) is 3.88. The smallest absolute Gasteiger partial charge is 0.413 e. The van der Waals surface area contributed by atoms with E-state index in [4.69, 9.17) is 9.47 Å². The molecule has 0 aliphatic rings. The molecule has 6 nitrogen and oxygen atoms in total. The van der Waals surface area contributed by atoms with Crippen molar-refractivity contribution in [2.24, 2.45) is 0 Å². The Bertz CT molecular complexity index is 1030. The van der Waals surface area contributed by atoms with Crippen molar-refractivity contribution in [1.29, 1.82) is 0 Å². The fourth-order valence-electron chi connectivity index (χ4n) is 2.94. The van der Waals surface area contributed by atoms with Crippen LogP contribution in [0.2, 0.25) is 0 Å². The monoisotopic (exact) mass is 424 g/mol. The van der Waals surface area contributed by atoms with Crippen molar-refractivity contribution in [2.45, 2.75) is 13.8 Å². The highest BCUT2D eigenvalue weighted by molar-refractivity contribution is 7.14. The third kappa shape index (κ3) is 4.80. The summed E-state index contributed by atoms with van der Waals surface area (Å²) in [4.78, 5) is 27.6. The van der Waals surface area contributed by atoms with Gasteiger partial charge in [0.25, 0.3) is 5.91 Å². The number of methoxy groups -OCH3 is 1. The molecule has 0 aliphatic heterocycles. The average Bonchev–Trinajstić information content (AvgIpc) is 3.16. The van der Waals surface area contributed by atoms with E-state index in [1.807, 2.05) is 37.3 Å². The second-order valence-electron chi connectivity index (χ2n) is 6.57. The van der Waals surface area contributed by atoms with Crippen molar-refractivity contribution in [3.63, 3.8) is 0 Å². The number of carbonyl (C=O) groups is 2. The van der Waals surface area contributed by atoms with Crippen LogP contribution in [-0.4, -0.2) is 32.8 Å². The van der Waals surface area contributed by atoms with Crippen LogP contribution in [0, 0.1) is 6.92 Å². The Morgan fingerprint density at radius 3 is 2.33 bits per heavy atom. The number of nitrogens with zero attached hydrogens (tertiary/aromatic N) is 1. The highest BCUT2D eigenvalue weighted by Gasteiger charge is 2.15. The van der Waals surface area contributed by atoms with Gasteiger partial charge in [-0.05, 0) is 67.4 Å². The van der Waals surface area contributed by atoms with Crippen molar-refractivity contribution in [1.82, 2.24) is 0 Å². The van der Waals surface area contributed by atoms with Gasteiger partial charge in [-0.3, -0.25) is 9.69 Å². The van der Waals surface area contributed by atoms with Crippen molar-refractivity contribution in [3.8, 4) is 16.9 Å². The minimum atomic E-state index is -0.422. The Labute approximate surface area is 180 Å². The summed E-state index contributed by atoms with van der Waals surface area (Å²) in [6.45, 7) is 4.08. The molecule has 0 aliphatic carbocycles. The highest BCUT2D eigenvalue weighted by Crippen LogP contribution is 2.32. The maximum Gasteiger partial charge on any atom is 0.413 e. The molecule has 0 radical (unpaired) electrons. The van der Waals surface area contributed by atoms with Gasteiger partial charge in [0.2, 0.25) is 0 Å². The molecule has 0 unspecified atom stereocenters. The molecule has 0 spiro atoms. The number of rotatable bonds is 6. The number of benzene rings is 2. The quantitative estimate of drug-likeness (QED) is 0.561. The van der Waals surface area contributed by atoms with Crippen LogP contribution < -0.4 is 15.0 Å². The van der Waals surface area contributed by atoms with Crippen molar-refractivity contribution < 1.29 is 19.1 Å². The van der Waals surface area contributed by atoms with E-state index in [0.717, 1.165) is 21.8 Å². The summed E-state index contributed by atoms with van der Waals surface area (Å²) in [6, 6.07) is 16.7. The third-order valence-corrected chi connectivity index (χ3v) is 5.65. The van der Waals surface area contributed by atoms with Crippen LogP contribution in [0.4, 0.5) is 16.2 Å². The van der Waals surface area contributed by atoms with E-state index in [9.17, 15) is 9.59 Å². The molecule has 3 rings (SSSR count). The van der Waals surface area contributed by atoms with Gasteiger partial charge in [-0.25, -0.2) is 4.79 Å². The molecular formula is C23H24N2O4S. The van der Waals surface area contributed by atoms with Crippen LogP contribution in [0.25, 0.3) is 11.1 Å². The lowest BCUT2D eigenvalue weighted by Crippen LogP contribution is -2.26. The maximum absolute atomic E-state index is 12.7. The summed E-state index contributed by atoms with van der Waals surface area (Å²) < 4.78 is 10.2. The number of carbonyl (C=O) groups excluding carboxylic acids is 2. The molecule has 0 bridgehead atoms. The van der Waals surface area contributed by atoms with Gasteiger partial charge in [-0.2, -0.15) is 0 Å². The van der Waals surface area contributed by atoms with E-state index in [0.29, 0.717) is 22.9 Å². The second-order valence-corrected chi connectivity index (χ2v) is 7.82. The number of nitrogens with one attached hydrogen (secondary N) is 1. The average molecular weight is 425 g/mol. The van der Waals surface area contributed by atoms with E-state index in [1.54, 1.807) is 45.3 Å². The van der Waals surface area contributed by atoms with Gasteiger partial charge >= 0.3 is 6.09 Å². The van der Waals surface area contributed by atoms with E-state index >= 15 is 0 Å². The van der Waals surface area contributed by atoms with Crippen LogP contribution in [0.1, 0.15) is 21.5 Å². The Hall–Kier alpha value is -3.32. The molecule has 0 atom stereocenters. The molecule has 30 heavy (non-hydrogen) atoms. The highest BCUT2D eigenvalue weighted by atomic mass is 32.1. The number of hydrogen-bond acceptors (Lipinski definition) is 5. The zero-order valence-electron chi connectivity index (χ0n) is 17.4. The van der Waals surface area contributed by atoms with Gasteiger partial charge in [0, 0.05) is 23.3 Å². The van der Waals surface area contributed by atoms with E-state index in [-0.39, 0.29) is 5.91 Å². The minimum Gasteiger partial charge on any atom is -0.497 e. The minimum absolute atomic E-state index is 0.172. The first-order chi connectivity index (χ1) is 14.4. The standard InChI is InChI=1S/C23H24N2O4S/c1-5-29-23(27)25(3)18-10-8-17(9-11-18)24-22(26)21-14-20(15(2)30-21)16-6-12-19(28-4)13-7-16/h6-14H,5H2,1-4H3,(H,24,26). The van der Waals surface area contributed by atoms with Crippen LogP contribution in [0.3, 0.4) is 0 Å². The van der Waals surface area contributed by atoms with E-state index in [1.165, 1.54) is 16.2 Å². The Kier molecular flexibility index (Phi) is 6.74. The lowest BCUT2D eigenvalue weighted by atomic mass is 10.1. The molecule has 1 aromatic heterocycles. The zero-order chi connectivity index (χ0) is 21.7. The Morgan fingerprint density at radius 1 is 1.07 bits per heavy atom. The third-order valence-electron chi connectivity index (χ3n) is 4.60. The molecule has 7 heteroatoms. The van der Waals surface area contributed by atoms with Crippen molar-refractivity contribution in [2.75, 3.05) is 31.0 Å².